The van der Waals surface area contributed by atoms with E-state index in [2.05, 4.69) is 48.0 Å². The van der Waals surface area contributed by atoms with E-state index >= 15 is 0 Å². The zero-order chi connectivity index (χ0) is 11.1. The molecule has 0 aliphatic carbocycles. The van der Waals surface area contributed by atoms with Crippen LogP contribution in [0.1, 0.15) is 31.1 Å². The zero-order valence-corrected chi connectivity index (χ0v) is 9.96. The second-order valence-corrected chi connectivity index (χ2v) is 4.62. The summed E-state index contributed by atoms with van der Waals surface area (Å²) in [5.41, 5.74) is 4.25. The third-order valence-electron chi connectivity index (χ3n) is 3.87. The molecule has 84 valence electrons. The zero-order valence-electron chi connectivity index (χ0n) is 9.96. The maximum atomic E-state index is 3.59. The van der Waals surface area contributed by atoms with Gasteiger partial charge < -0.3 is 4.98 Å². The van der Waals surface area contributed by atoms with Gasteiger partial charge in [-0.1, -0.05) is 25.1 Å². The highest BCUT2D eigenvalue weighted by molar-refractivity contribution is 5.85. The quantitative estimate of drug-likeness (QED) is 0.772. The minimum absolute atomic E-state index is 0.529. The number of hydrogen-bond donors (Lipinski definition) is 1. The Labute approximate surface area is 96.3 Å². The fraction of sp³-hybridized carbons (Fsp3) is 0.429. The normalized spacial score (nSPS) is 21.2. The highest BCUT2D eigenvalue weighted by atomic mass is 15.2. The number of nitrogens with zero attached hydrogens (tertiary/aromatic N) is 1. The maximum Gasteiger partial charge on any atom is 0.0473 e. The molecule has 1 unspecified atom stereocenters. The van der Waals surface area contributed by atoms with E-state index in [4.69, 9.17) is 0 Å². The molecule has 1 aromatic carbocycles. The molecule has 1 aliphatic heterocycles. The highest BCUT2D eigenvalue weighted by Crippen LogP contribution is 2.33. The lowest BCUT2D eigenvalue weighted by molar-refractivity contribution is 0.207. The van der Waals surface area contributed by atoms with Crippen molar-refractivity contribution in [1.29, 1.82) is 0 Å². The van der Waals surface area contributed by atoms with E-state index in [9.17, 15) is 0 Å². The number of fused-ring (bicyclic) bond motifs is 3. The SMILES string of the molecule is CCN1CCc2c([nH]c3ccccc23)C1C. The fourth-order valence-electron chi connectivity index (χ4n) is 2.91. The van der Waals surface area contributed by atoms with Gasteiger partial charge in [0.05, 0.1) is 0 Å². The summed E-state index contributed by atoms with van der Waals surface area (Å²) in [5, 5.41) is 1.42. The first-order valence-electron chi connectivity index (χ1n) is 6.14. The van der Waals surface area contributed by atoms with Crippen LogP contribution in [0.3, 0.4) is 0 Å². The van der Waals surface area contributed by atoms with Gasteiger partial charge in [0.1, 0.15) is 0 Å². The van der Waals surface area contributed by atoms with E-state index < -0.39 is 0 Å². The van der Waals surface area contributed by atoms with Crippen molar-refractivity contribution >= 4 is 10.9 Å². The lowest BCUT2D eigenvalue weighted by Gasteiger charge is -2.32. The molecule has 2 aromatic rings. The highest BCUT2D eigenvalue weighted by Gasteiger charge is 2.25. The van der Waals surface area contributed by atoms with Crippen LogP contribution < -0.4 is 0 Å². The minimum Gasteiger partial charge on any atom is -0.357 e. The standard InChI is InChI=1S/C14H18N2/c1-3-16-9-8-12-11-6-4-5-7-13(11)15-14(12)10(16)2/h4-7,10,15H,3,8-9H2,1-2H3. The molecule has 16 heavy (non-hydrogen) atoms. The van der Waals surface area contributed by atoms with Crippen molar-refractivity contribution in [2.45, 2.75) is 26.3 Å². The van der Waals surface area contributed by atoms with Crippen LogP contribution in [-0.2, 0) is 6.42 Å². The number of likely N-dealkylation sites (N-methyl/N-ethyl adjacent to an activating group) is 1. The number of H-pyrrole nitrogens is 1. The average molecular weight is 214 g/mol. The average Bonchev–Trinajstić information content (AvgIpc) is 2.69. The van der Waals surface area contributed by atoms with Gasteiger partial charge in [-0.3, -0.25) is 4.90 Å². The van der Waals surface area contributed by atoms with Gasteiger partial charge in [-0.05, 0) is 31.5 Å². The molecule has 2 heterocycles. The first-order chi connectivity index (χ1) is 7.81. The Morgan fingerprint density at radius 1 is 1.38 bits per heavy atom. The number of hydrogen-bond acceptors (Lipinski definition) is 1. The van der Waals surface area contributed by atoms with Crippen molar-refractivity contribution in [2.24, 2.45) is 0 Å². The number of benzene rings is 1. The molecular formula is C14H18N2. The molecule has 1 aliphatic rings. The Hall–Kier alpha value is -1.28. The Kier molecular flexibility index (Phi) is 2.25. The number of aromatic amines is 1. The van der Waals surface area contributed by atoms with Crippen molar-refractivity contribution in [3.8, 4) is 0 Å². The molecule has 0 amide bonds. The molecule has 0 radical (unpaired) electrons. The Morgan fingerprint density at radius 3 is 3.00 bits per heavy atom. The van der Waals surface area contributed by atoms with Crippen LogP contribution in [0.5, 0.6) is 0 Å². The Morgan fingerprint density at radius 2 is 2.19 bits per heavy atom. The first-order valence-corrected chi connectivity index (χ1v) is 6.14. The van der Waals surface area contributed by atoms with Gasteiger partial charge in [0.2, 0.25) is 0 Å². The van der Waals surface area contributed by atoms with Crippen molar-refractivity contribution in [1.82, 2.24) is 9.88 Å². The van der Waals surface area contributed by atoms with Gasteiger partial charge in [0.15, 0.2) is 0 Å². The third-order valence-corrected chi connectivity index (χ3v) is 3.87. The van der Waals surface area contributed by atoms with Gasteiger partial charge >= 0.3 is 0 Å². The van der Waals surface area contributed by atoms with Crippen LogP contribution in [0.2, 0.25) is 0 Å². The second-order valence-electron chi connectivity index (χ2n) is 4.62. The van der Waals surface area contributed by atoms with Gasteiger partial charge in [-0.25, -0.2) is 0 Å². The summed E-state index contributed by atoms with van der Waals surface area (Å²) in [6.45, 7) is 6.86. The van der Waals surface area contributed by atoms with Crippen LogP contribution in [0.25, 0.3) is 10.9 Å². The number of para-hydroxylation sites is 1. The molecule has 1 aromatic heterocycles. The molecule has 2 nitrogen and oxygen atoms in total. The van der Waals surface area contributed by atoms with E-state index in [0.717, 1.165) is 6.54 Å². The second kappa shape index (κ2) is 3.63. The van der Waals surface area contributed by atoms with Crippen molar-refractivity contribution in [3.63, 3.8) is 0 Å². The monoisotopic (exact) mass is 214 g/mol. The summed E-state index contributed by atoms with van der Waals surface area (Å²) in [6, 6.07) is 9.18. The molecule has 2 heteroatoms. The van der Waals surface area contributed by atoms with Crippen molar-refractivity contribution < 1.29 is 0 Å². The van der Waals surface area contributed by atoms with Gasteiger partial charge in [-0.15, -0.1) is 0 Å². The summed E-state index contributed by atoms with van der Waals surface area (Å²) < 4.78 is 0. The molecule has 0 saturated heterocycles. The van der Waals surface area contributed by atoms with E-state index in [-0.39, 0.29) is 0 Å². The van der Waals surface area contributed by atoms with Gasteiger partial charge in [0, 0.05) is 29.2 Å². The van der Waals surface area contributed by atoms with E-state index in [1.54, 1.807) is 0 Å². The van der Waals surface area contributed by atoms with E-state index in [1.807, 2.05) is 0 Å². The van der Waals surface area contributed by atoms with Crippen LogP contribution in [0, 0.1) is 0 Å². The Balaban J connectivity index is 2.17. The maximum absolute atomic E-state index is 3.59. The van der Waals surface area contributed by atoms with Crippen LogP contribution in [0.15, 0.2) is 24.3 Å². The molecule has 0 spiro atoms. The van der Waals surface area contributed by atoms with Crippen LogP contribution in [-0.4, -0.2) is 23.0 Å². The van der Waals surface area contributed by atoms with Gasteiger partial charge in [0.25, 0.3) is 0 Å². The topological polar surface area (TPSA) is 19.0 Å². The van der Waals surface area contributed by atoms with Crippen molar-refractivity contribution in [2.75, 3.05) is 13.1 Å². The van der Waals surface area contributed by atoms with E-state index in [1.165, 1.54) is 35.1 Å². The predicted molar refractivity (Wildman–Crippen MR) is 67.7 cm³/mol. The van der Waals surface area contributed by atoms with Crippen LogP contribution >= 0.6 is 0 Å². The smallest absolute Gasteiger partial charge is 0.0473 e. The third kappa shape index (κ3) is 1.30. The van der Waals surface area contributed by atoms with E-state index in [0.29, 0.717) is 6.04 Å². The molecule has 3 rings (SSSR count). The molecule has 1 N–H and O–H groups in total. The molecular weight excluding hydrogens is 196 g/mol. The number of rotatable bonds is 1. The summed E-state index contributed by atoms with van der Waals surface area (Å²) >= 11 is 0. The largest absolute Gasteiger partial charge is 0.357 e. The molecule has 1 atom stereocenters. The lowest BCUT2D eigenvalue weighted by atomic mass is 9.98. The van der Waals surface area contributed by atoms with Crippen molar-refractivity contribution in [3.05, 3.63) is 35.5 Å². The van der Waals surface area contributed by atoms with Crippen LogP contribution in [0.4, 0.5) is 0 Å². The first kappa shape index (κ1) is 9.91. The number of aromatic nitrogens is 1. The summed E-state index contributed by atoms with van der Waals surface area (Å²) in [4.78, 5) is 6.11. The molecule has 0 bridgehead atoms. The fourth-order valence-corrected chi connectivity index (χ4v) is 2.91. The Bertz CT molecular complexity index is 512. The summed E-state index contributed by atoms with van der Waals surface area (Å²) in [7, 11) is 0. The van der Waals surface area contributed by atoms with Gasteiger partial charge in [-0.2, -0.15) is 0 Å². The number of nitrogens with one attached hydrogen (secondary N) is 1. The summed E-state index contributed by atoms with van der Waals surface area (Å²) in [5.74, 6) is 0. The minimum atomic E-state index is 0.529. The molecule has 0 saturated carbocycles. The lowest BCUT2D eigenvalue weighted by Crippen LogP contribution is -2.33. The molecule has 0 fully saturated rings. The summed E-state index contributed by atoms with van der Waals surface area (Å²) in [6.07, 6.45) is 1.18. The predicted octanol–water partition coefficient (Wildman–Crippen LogP) is 3.11.